The molecule has 0 saturated heterocycles. The van der Waals surface area contributed by atoms with E-state index in [4.69, 9.17) is 9.84 Å². The van der Waals surface area contributed by atoms with Crippen molar-refractivity contribution in [2.45, 2.75) is 6.04 Å². The normalized spacial score (nSPS) is 11.1. The predicted molar refractivity (Wildman–Crippen MR) is 113 cm³/mol. The zero-order valence-corrected chi connectivity index (χ0v) is 17.1. The van der Waals surface area contributed by atoms with Crippen LogP contribution < -0.4 is 5.32 Å². The van der Waals surface area contributed by atoms with Crippen LogP contribution in [0.2, 0.25) is 0 Å². The van der Waals surface area contributed by atoms with E-state index in [-0.39, 0.29) is 0 Å². The summed E-state index contributed by atoms with van der Waals surface area (Å²) >= 11 is 0. The summed E-state index contributed by atoms with van der Waals surface area (Å²) in [6.45, 7) is -0.461. The van der Waals surface area contributed by atoms with Crippen LogP contribution in [0.3, 0.4) is 0 Å². The third-order valence-corrected chi connectivity index (χ3v) is 4.46. The summed E-state index contributed by atoms with van der Waals surface area (Å²) in [4.78, 5) is 37.7. The van der Waals surface area contributed by atoms with Gasteiger partial charge in [0.05, 0.1) is 0 Å². The number of ketones is 1. The number of carbonyl (C=O) groups is 3. The summed E-state index contributed by atoms with van der Waals surface area (Å²) in [6, 6.07) is 13.1. The van der Waals surface area contributed by atoms with E-state index in [9.17, 15) is 14.4 Å². The number of benzene rings is 2. The lowest BCUT2D eigenvalue weighted by Gasteiger charge is -2.25. The van der Waals surface area contributed by atoms with Gasteiger partial charge < -0.3 is 20.1 Å². The van der Waals surface area contributed by atoms with Gasteiger partial charge in [-0.1, -0.05) is 36.1 Å². The smallest absolute Gasteiger partial charge is 0.254 e. The molecule has 7 heteroatoms. The second-order valence-corrected chi connectivity index (χ2v) is 6.45. The van der Waals surface area contributed by atoms with Crippen molar-refractivity contribution in [2.75, 3.05) is 34.4 Å². The third-order valence-electron chi connectivity index (χ3n) is 4.46. The first-order chi connectivity index (χ1) is 14.4. The van der Waals surface area contributed by atoms with E-state index in [0.29, 0.717) is 12.2 Å². The highest BCUT2D eigenvalue weighted by Gasteiger charge is 2.32. The number of aliphatic hydroxyl groups excluding tert-OH is 1. The maximum atomic E-state index is 12.7. The molecule has 1 atom stereocenters. The molecule has 0 saturated carbocycles. The summed E-state index contributed by atoms with van der Waals surface area (Å²) in [5, 5.41) is 11.4. The summed E-state index contributed by atoms with van der Waals surface area (Å²) < 4.78 is 4.90. The molecule has 1 unspecified atom stereocenters. The summed E-state index contributed by atoms with van der Waals surface area (Å²) in [5.41, 5.74) is 3.05. The van der Waals surface area contributed by atoms with Gasteiger partial charge >= 0.3 is 0 Å². The lowest BCUT2D eigenvalue weighted by atomic mass is 10.0. The zero-order valence-electron chi connectivity index (χ0n) is 17.1. The molecule has 0 aromatic heterocycles. The molecule has 0 radical (unpaired) electrons. The van der Waals surface area contributed by atoms with Crippen molar-refractivity contribution in [2.24, 2.45) is 0 Å². The Balaban J connectivity index is 2.18. The van der Waals surface area contributed by atoms with Crippen LogP contribution >= 0.6 is 0 Å². The number of amides is 2. The first-order valence-electron chi connectivity index (χ1n) is 9.23. The first-order valence-corrected chi connectivity index (χ1v) is 9.23. The van der Waals surface area contributed by atoms with Crippen molar-refractivity contribution >= 4 is 17.6 Å². The first kappa shape index (κ1) is 22.8. The van der Waals surface area contributed by atoms with Crippen molar-refractivity contribution in [3.63, 3.8) is 0 Å². The second kappa shape index (κ2) is 10.9. The van der Waals surface area contributed by atoms with Gasteiger partial charge in [-0.15, -0.1) is 0 Å². The molecule has 7 nitrogen and oxygen atoms in total. The quantitative estimate of drug-likeness (QED) is 0.528. The summed E-state index contributed by atoms with van der Waals surface area (Å²) in [7, 11) is 4.31. The third kappa shape index (κ3) is 5.54. The monoisotopic (exact) mass is 408 g/mol. The fourth-order valence-corrected chi connectivity index (χ4v) is 2.84. The number of carbonyl (C=O) groups excluding carboxylic acids is 3. The minimum absolute atomic E-state index is 0.322. The number of nitrogens with one attached hydrogen (secondary N) is 1. The minimum atomic E-state index is -1.39. The number of ether oxygens (including phenoxy) is 1. The number of aliphatic hydroxyl groups is 1. The van der Waals surface area contributed by atoms with Crippen LogP contribution in [0.1, 0.15) is 15.9 Å². The van der Waals surface area contributed by atoms with E-state index in [1.165, 1.54) is 14.1 Å². The molecule has 0 spiro atoms. The molecule has 0 heterocycles. The van der Waals surface area contributed by atoms with E-state index < -0.39 is 30.2 Å². The Morgan fingerprint density at radius 2 is 1.63 bits per heavy atom. The Kier molecular flexibility index (Phi) is 8.29. The average Bonchev–Trinajstić information content (AvgIpc) is 2.79. The fourth-order valence-electron chi connectivity index (χ4n) is 2.84. The maximum absolute atomic E-state index is 12.7. The molecule has 2 amide bonds. The van der Waals surface area contributed by atoms with Crippen LogP contribution in [-0.4, -0.2) is 68.1 Å². The highest BCUT2D eigenvalue weighted by atomic mass is 16.5. The number of methoxy groups -OCH3 is 1. The van der Waals surface area contributed by atoms with Crippen molar-refractivity contribution in [3.8, 4) is 23.0 Å². The van der Waals surface area contributed by atoms with Gasteiger partial charge in [0.25, 0.3) is 5.91 Å². The van der Waals surface area contributed by atoms with Crippen LogP contribution in [0.25, 0.3) is 11.1 Å². The minimum Gasteiger partial charge on any atom is -0.388 e. The maximum Gasteiger partial charge on any atom is 0.254 e. The Labute approximate surface area is 175 Å². The van der Waals surface area contributed by atoms with E-state index >= 15 is 0 Å². The van der Waals surface area contributed by atoms with Gasteiger partial charge in [-0.2, -0.15) is 0 Å². The Morgan fingerprint density at radius 1 is 1.07 bits per heavy atom. The van der Waals surface area contributed by atoms with Crippen molar-refractivity contribution < 1.29 is 24.2 Å². The lowest BCUT2D eigenvalue weighted by Crippen LogP contribution is -2.52. The molecule has 30 heavy (non-hydrogen) atoms. The van der Waals surface area contributed by atoms with Crippen molar-refractivity contribution in [1.29, 1.82) is 0 Å². The van der Waals surface area contributed by atoms with Gasteiger partial charge in [-0.25, -0.2) is 0 Å². The lowest BCUT2D eigenvalue weighted by molar-refractivity contribution is -0.135. The topological polar surface area (TPSA) is 95.9 Å². The number of Topliss-reactive ketones (excluding diaryl/α,β-unsaturated/α-hetero) is 1. The predicted octanol–water partition coefficient (Wildman–Crippen LogP) is 1.10. The molecule has 0 fully saturated rings. The molecule has 0 bridgehead atoms. The second-order valence-electron chi connectivity index (χ2n) is 6.45. The zero-order chi connectivity index (χ0) is 22.1. The number of rotatable bonds is 7. The molecule has 0 aliphatic rings. The number of likely N-dealkylation sites (N-methyl/N-ethyl adjacent to an activating group) is 2. The molecular formula is C23H24N2O5. The Morgan fingerprint density at radius 3 is 2.13 bits per heavy atom. The molecule has 2 rings (SSSR count). The number of hydrogen-bond donors (Lipinski definition) is 2. The van der Waals surface area contributed by atoms with E-state index in [1.807, 2.05) is 24.3 Å². The van der Waals surface area contributed by atoms with Crippen LogP contribution in [0, 0.1) is 11.8 Å². The van der Waals surface area contributed by atoms with Crippen molar-refractivity contribution in [1.82, 2.24) is 10.2 Å². The van der Waals surface area contributed by atoms with Crippen molar-refractivity contribution in [3.05, 3.63) is 59.7 Å². The van der Waals surface area contributed by atoms with E-state index in [1.54, 1.807) is 31.4 Å². The van der Waals surface area contributed by atoms with Gasteiger partial charge in [0.15, 0.2) is 11.8 Å². The van der Waals surface area contributed by atoms with E-state index in [2.05, 4.69) is 17.2 Å². The Hall–Kier alpha value is -3.47. The molecule has 156 valence electrons. The van der Waals surface area contributed by atoms with Gasteiger partial charge in [0.2, 0.25) is 5.91 Å². The van der Waals surface area contributed by atoms with Crippen LogP contribution in [0.15, 0.2) is 48.5 Å². The molecule has 2 N–H and O–H groups in total. The number of hydrogen-bond acceptors (Lipinski definition) is 5. The molecule has 0 aliphatic heterocycles. The Bertz CT molecular complexity index is 940. The van der Waals surface area contributed by atoms with E-state index in [0.717, 1.165) is 21.6 Å². The fraction of sp³-hybridized carbons (Fsp3) is 0.261. The summed E-state index contributed by atoms with van der Waals surface area (Å²) in [5.74, 6) is 3.98. The van der Waals surface area contributed by atoms with Crippen LogP contribution in [0.4, 0.5) is 0 Å². The molecular weight excluding hydrogens is 384 g/mol. The number of nitrogens with zero attached hydrogens (tertiary/aromatic N) is 1. The molecule has 2 aromatic carbocycles. The van der Waals surface area contributed by atoms with Gasteiger partial charge in [0.1, 0.15) is 13.2 Å². The van der Waals surface area contributed by atoms with Crippen LogP contribution in [-0.2, 0) is 14.3 Å². The highest BCUT2D eigenvalue weighted by Crippen LogP contribution is 2.21. The van der Waals surface area contributed by atoms with Gasteiger partial charge in [-0.05, 0) is 35.4 Å². The highest BCUT2D eigenvalue weighted by molar-refractivity contribution is 6.10. The molecule has 0 aliphatic carbocycles. The van der Waals surface area contributed by atoms with Gasteiger partial charge in [0, 0.05) is 32.3 Å². The standard InChI is InChI=1S/C23H24N2O5/c1-24-22(28)21(20(27)15-26)25(2)23(29)19-12-10-18(11-13-19)17-8-6-16(7-9-17)5-4-14-30-3/h6-13,21,26H,14-15H2,1-3H3,(H,24,28). The average molecular weight is 408 g/mol. The summed E-state index contributed by atoms with van der Waals surface area (Å²) in [6.07, 6.45) is 0. The largest absolute Gasteiger partial charge is 0.388 e. The SMILES string of the molecule is CNC(=O)C(C(=O)CO)N(C)C(=O)c1ccc(-c2ccc(C#CCOC)cc2)cc1. The van der Waals surface area contributed by atoms with Crippen LogP contribution in [0.5, 0.6) is 0 Å². The molecule has 2 aromatic rings. The van der Waals surface area contributed by atoms with Gasteiger partial charge in [-0.3, -0.25) is 14.4 Å².